The van der Waals surface area contributed by atoms with Crippen molar-refractivity contribution in [3.05, 3.63) is 40.5 Å². The summed E-state index contributed by atoms with van der Waals surface area (Å²) in [5, 5.41) is 31.7. The number of hydrogen-bond acceptors (Lipinski definition) is 12. The Kier molecular flexibility index (Phi) is 4.09. The summed E-state index contributed by atoms with van der Waals surface area (Å²) < 4.78 is 0. The fourth-order valence-corrected chi connectivity index (χ4v) is 0.465. The van der Waals surface area contributed by atoms with Gasteiger partial charge in [0.25, 0.3) is 0 Å². The van der Waals surface area contributed by atoms with Crippen molar-refractivity contribution in [1.29, 1.82) is 0 Å². The smallest absolute Gasteiger partial charge is 0.220 e. The Morgan fingerprint density at radius 3 is 0.882 bits per heavy atom. The first-order chi connectivity index (χ1) is 7.67. The topological polar surface area (TPSA) is 209 Å². The quantitative estimate of drug-likeness (QED) is 0.275. The molecule has 0 radical (unpaired) electrons. The standard InChI is InChI=1S/CN4O12/c6-2(7)14-1(15-3(8)9,16-4(10)11)17-5(12)13. The average Bonchev–Trinajstić information content (AvgIpc) is 1.95. The van der Waals surface area contributed by atoms with Gasteiger partial charge in [0.15, 0.2) is 0 Å². The number of hydrogen-bond donors (Lipinski definition) is 0. The molecule has 0 aromatic rings. The van der Waals surface area contributed by atoms with Gasteiger partial charge in [-0.05, 0) is 0 Å². The van der Waals surface area contributed by atoms with E-state index >= 15 is 0 Å². The highest BCUT2D eigenvalue weighted by atomic mass is 17.3. The largest absolute Gasteiger partial charge is 0.548 e. The minimum atomic E-state index is -4.21. The molecule has 16 nitrogen and oxygen atoms in total. The summed E-state index contributed by atoms with van der Waals surface area (Å²) in [5.74, 6) is 0. The van der Waals surface area contributed by atoms with E-state index in [2.05, 4.69) is 19.4 Å². The monoisotopic (exact) mass is 260 g/mol. The van der Waals surface area contributed by atoms with Crippen LogP contribution in [0.2, 0.25) is 0 Å². The Hall–Kier alpha value is -3.20. The molecule has 16 heteroatoms. The Morgan fingerprint density at radius 2 is 0.765 bits per heavy atom. The molecule has 0 aliphatic carbocycles. The number of rotatable bonds is 8. The van der Waals surface area contributed by atoms with Gasteiger partial charge in [-0.1, -0.05) is 0 Å². The second kappa shape index (κ2) is 5.04. The molecular weight excluding hydrogens is 260 g/mol. The lowest BCUT2D eigenvalue weighted by atomic mass is 11.1. The van der Waals surface area contributed by atoms with Crippen molar-refractivity contribution >= 4 is 0 Å². The van der Waals surface area contributed by atoms with Crippen molar-refractivity contribution in [2.45, 2.75) is 6.16 Å². The Morgan fingerprint density at radius 1 is 0.588 bits per heavy atom. The van der Waals surface area contributed by atoms with Gasteiger partial charge in [-0.15, -0.1) is 40.5 Å². The molecule has 0 amide bonds. The second-order valence-electron chi connectivity index (χ2n) is 1.76. The molecule has 96 valence electrons. The zero-order valence-corrected chi connectivity index (χ0v) is 7.19. The Balaban J connectivity index is 5.16. The van der Waals surface area contributed by atoms with E-state index < -0.39 is 26.5 Å². The summed E-state index contributed by atoms with van der Waals surface area (Å²) >= 11 is 0. The van der Waals surface area contributed by atoms with Crippen molar-refractivity contribution in [3.8, 4) is 0 Å². The van der Waals surface area contributed by atoms with Gasteiger partial charge >= 0.3 is 26.5 Å². The van der Waals surface area contributed by atoms with Crippen LogP contribution in [-0.2, 0) is 19.4 Å². The van der Waals surface area contributed by atoms with Crippen LogP contribution in [-0.4, -0.2) is 26.5 Å². The molecule has 0 saturated heterocycles. The van der Waals surface area contributed by atoms with Crippen LogP contribution in [0.4, 0.5) is 0 Å². The van der Waals surface area contributed by atoms with E-state index in [-0.39, 0.29) is 0 Å². The molecule has 0 aliphatic heterocycles. The third kappa shape index (κ3) is 5.29. The van der Waals surface area contributed by atoms with Crippen molar-refractivity contribution in [2.24, 2.45) is 0 Å². The van der Waals surface area contributed by atoms with E-state index in [1.165, 1.54) is 0 Å². The van der Waals surface area contributed by atoms with Crippen LogP contribution in [0.15, 0.2) is 0 Å². The third-order valence-electron chi connectivity index (χ3n) is 0.745. The first-order valence-corrected chi connectivity index (χ1v) is 3.01. The van der Waals surface area contributed by atoms with Gasteiger partial charge in [-0.3, -0.25) is 0 Å². The molecule has 0 aliphatic rings. The minimum absolute atomic E-state index is 1.91. The summed E-state index contributed by atoms with van der Waals surface area (Å²) in [6.45, 7) is 0. The predicted molar refractivity (Wildman–Crippen MR) is 35.0 cm³/mol. The fraction of sp³-hybridized carbons (Fsp3) is 1.00. The van der Waals surface area contributed by atoms with Gasteiger partial charge in [0.1, 0.15) is 0 Å². The van der Waals surface area contributed by atoms with Crippen LogP contribution >= 0.6 is 0 Å². The van der Waals surface area contributed by atoms with Crippen molar-refractivity contribution in [2.75, 3.05) is 0 Å². The highest BCUT2D eigenvalue weighted by molar-refractivity contribution is 4.23. The third-order valence-corrected chi connectivity index (χ3v) is 0.745. The molecule has 0 bridgehead atoms. The van der Waals surface area contributed by atoms with Gasteiger partial charge in [0, 0.05) is 0 Å². The van der Waals surface area contributed by atoms with Gasteiger partial charge in [0.05, 0.1) is 0 Å². The highest BCUT2D eigenvalue weighted by Gasteiger charge is 2.49. The normalized spacial score (nSPS) is 9.88. The van der Waals surface area contributed by atoms with Crippen molar-refractivity contribution < 1.29 is 39.7 Å². The molecule has 0 aromatic carbocycles. The zero-order valence-electron chi connectivity index (χ0n) is 7.19. The lowest BCUT2D eigenvalue weighted by Crippen LogP contribution is -2.48. The Bertz CT molecular complexity index is 277. The minimum Gasteiger partial charge on any atom is -0.220 e. The van der Waals surface area contributed by atoms with Crippen LogP contribution in [0.25, 0.3) is 0 Å². The van der Waals surface area contributed by atoms with E-state index in [0.717, 1.165) is 0 Å². The van der Waals surface area contributed by atoms with E-state index in [1.54, 1.807) is 0 Å². The summed E-state index contributed by atoms with van der Waals surface area (Å²) in [4.78, 5) is 51.7. The van der Waals surface area contributed by atoms with Gasteiger partial charge < -0.3 is 0 Å². The first-order valence-electron chi connectivity index (χ1n) is 3.01. The van der Waals surface area contributed by atoms with Crippen molar-refractivity contribution in [1.82, 2.24) is 0 Å². The molecule has 0 aromatic heterocycles. The molecule has 0 fully saturated rings. The lowest BCUT2D eigenvalue weighted by Gasteiger charge is -2.22. The second-order valence-corrected chi connectivity index (χ2v) is 1.76. The van der Waals surface area contributed by atoms with Gasteiger partial charge in [-0.25, -0.2) is 19.4 Å². The molecule has 0 N–H and O–H groups in total. The molecule has 0 saturated carbocycles. The maximum atomic E-state index is 9.83. The van der Waals surface area contributed by atoms with E-state index in [9.17, 15) is 40.5 Å². The number of nitrogens with zero attached hydrogens (tertiary/aromatic N) is 4. The van der Waals surface area contributed by atoms with E-state index in [4.69, 9.17) is 0 Å². The highest BCUT2D eigenvalue weighted by Crippen LogP contribution is 2.18. The van der Waals surface area contributed by atoms with Gasteiger partial charge in [-0.2, -0.15) is 0 Å². The molecular formula is CN4O12. The molecule has 0 rings (SSSR count). The molecule has 0 heterocycles. The van der Waals surface area contributed by atoms with Crippen LogP contribution < -0.4 is 0 Å². The van der Waals surface area contributed by atoms with Crippen LogP contribution in [0, 0.1) is 40.5 Å². The fourth-order valence-electron chi connectivity index (χ4n) is 0.465. The molecule has 0 atom stereocenters. The summed E-state index contributed by atoms with van der Waals surface area (Å²) in [6.07, 6.45) is -4.21. The van der Waals surface area contributed by atoms with Crippen LogP contribution in [0.5, 0.6) is 0 Å². The Labute approximate surface area is 87.6 Å². The molecule has 0 unspecified atom stereocenters. The summed E-state index contributed by atoms with van der Waals surface area (Å²) in [5.41, 5.74) is 0. The van der Waals surface area contributed by atoms with Crippen LogP contribution in [0.1, 0.15) is 0 Å². The van der Waals surface area contributed by atoms with E-state index in [1.807, 2.05) is 0 Å². The summed E-state index contributed by atoms with van der Waals surface area (Å²) in [6, 6.07) is 0. The zero-order chi connectivity index (χ0) is 13.6. The van der Waals surface area contributed by atoms with E-state index in [0.29, 0.717) is 0 Å². The predicted octanol–water partition coefficient (Wildman–Crippen LogP) is -1.57. The van der Waals surface area contributed by atoms with Crippen LogP contribution in [0.3, 0.4) is 0 Å². The SMILES string of the molecule is O=[N+]([O-])OC(O[N+](=O)[O-])(O[N+](=O)[O-])O[N+](=O)[O-]. The molecule has 17 heavy (non-hydrogen) atoms. The van der Waals surface area contributed by atoms with Crippen molar-refractivity contribution in [3.63, 3.8) is 0 Å². The maximum absolute atomic E-state index is 9.83. The maximum Gasteiger partial charge on any atom is 0.548 e. The average molecular weight is 260 g/mol. The first kappa shape index (κ1) is 13.8. The van der Waals surface area contributed by atoms with Gasteiger partial charge in [0.2, 0.25) is 0 Å². The lowest BCUT2D eigenvalue weighted by molar-refractivity contribution is -1.03. The molecule has 0 spiro atoms. The summed E-state index contributed by atoms with van der Waals surface area (Å²) in [7, 11) is 0.